The third-order valence-electron chi connectivity index (χ3n) is 3.78. The van der Waals surface area contributed by atoms with E-state index in [2.05, 4.69) is 37.9 Å². The number of nitrogens with one attached hydrogen (secondary N) is 1. The summed E-state index contributed by atoms with van der Waals surface area (Å²) < 4.78 is 5.38. The number of aliphatic hydroxyl groups excluding tert-OH is 1. The Hall–Kier alpha value is -0.650. The van der Waals surface area contributed by atoms with Crippen molar-refractivity contribution in [3.8, 4) is 0 Å². The largest absolute Gasteiger partial charge is 0.389 e. The van der Waals surface area contributed by atoms with Crippen LogP contribution >= 0.6 is 0 Å². The van der Waals surface area contributed by atoms with Crippen molar-refractivity contribution < 1.29 is 14.6 Å². The summed E-state index contributed by atoms with van der Waals surface area (Å²) in [5.74, 6) is 0.486. The van der Waals surface area contributed by atoms with E-state index in [1.54, 1.807) is 0 Å². The molecule has 1 fully saturated rings. The van der Waals surface area contributed by atoms with Gasteiger partial charge in [0.1, 0.15) is 0 Å². The van der Waals surface area contributed by atoms with E-state index in [0.717, 1.165) is 25.8 Å². The van der Waals surface area contributed by atoms with Gasteiger partial charge in [-0.3, -0.25) is 9.69 Å². The van der Waals surface area contributed by atoms with Crippen LogP contribution in [0.3, 0.4) is 0 Å². The van der Waals surface area contributed by atoms with Crippen molar-refractivity contribution in [3.05, 3.63) is 0 Å². The van der Waals surface area contributed by atoms with E-state index in [-0.39, 0.29) is 25.1 Å². The van der Waals surface area contributed by atoms with Crippen molar-refractivity contribution in [1.82, 2.24) is 10.2 Å². The number of amides is 1. The zero-order chi connectivity index (χ0) is 15.8. The summed E-state index contributed by atoms with van der Waals surface area (Å²) in [7, 11) is 0. The van der Waals surface area contributed by atoms with Gasteiger partial charge in [-0.15, -0.1) is 0 Å². The van der Waals surface area contributed by atoms with Crippen LogP contribution in [0.15, 0.2) is 0 Å². The second-order valence-electron chi connectivity index (χ2n) is 6.67. The maximum absolute atomic E-state index is 12.3. The molecule has 21 heavy (non-hydrogen) atoms. The van der Waals surface area contributed by atoms with Crippen molar-refractivity contribution in [2.24, 2.45) is 5.92 Å². The second kappa shape index (κ2) is 9.38. The summed E-state index contributed by atoms with van der Waals surface area (Å²) >= 11 is 0. The molecule has 0 aliphatic carbocycles. The molecule has 2 N–H and O–H groups in total. The number of piperidine rings is 1. The molecule has 1 saturated heterocycles. The normalized spacial score (nSPS) is 21.8. The number of aliphatic hydroxyl groups is 1. The third kappa shape index (κ3) is 6.76. The highest BCUT2D eigenvalue weighted by molar-refractivity contribution is 5.81. The molecule has 1 aliphatic rings. The fourth-order valence-corrected chi connectivity index (χ4v) is 2.69. The summed E-state index contributed by atoms with van der Waals surface area (Å²) in [6.07, 6.45) is 2.53. The van der Waals surface area contributed by atoms with E-state index in [1.807, 2.05) is 0 Å². The fourth-order valence-electron chi connectivity index (χ4n) is 2.69. The second-order valence-corrected chi connectivity index (χ2v) is 6.67. The fraction of sp³-hybridized carbons (Fsp3) is 0.938. The Bertz CT molecular complexity index is 308. The summed E-state index contributed by atoms with van der Waals surface area (Å²) in [5, 5.41) is 12.7. The van der Waals surface area contributed by atoms with Crippen molar-refractivity contribution >= 4 is 5.91 Å². The first-order chi connectivity index (χ1) is 9.91. The highest BCUT2D eigenvalue weighted by Crippen LogP contribution is 2.19. The lowest BCUT2D eigenvalue weighted by Crippen LogP contribution is -2.53. The third-order valence-corrected chi connectivity index (χ3v) is 3.78. The van der Waals surface area contributed by atoms with Crippen molar-refractivity contribution in [2.75, 3.05) is 26.3 Å². The molecular weight excluding hydrogens is 268 g/mol. The molecule has 1 aliphatic heterocycles. The van der Waals surface area contributed by atoms with Gasteiger partial charge in [0.2, 0.25) is 5.91 Å². The molecule has 1 amide bonds. The average molecular weight is 300 g/mol. The van der Waals surface area contributed by atoms with E-state index < -0.39 is 6.10 Å². The van der Waals surface area contributed by atoms with Gasteiger partial charge in [0.05, 0.1) is 18.8 Å². The summed E-state index contributed by atoms with van der Waals surface area (Å²) in [6.45, 7) is 10.5. The number of ether oxygens (including phenoxy) is 1. The molecule has 5 nitrogen and oxygen atoms in total. The molecule has 0 spiro atoms. The first kappa shape index (κ1) is 18.4. The number of hydrogen-bond acceptors (Lipinski definition) is 4. The molecule has 2 unspecified atom stereocenters. The Labute approximate surface area is 129 Å². The Morgan fingerprint density at radius 2 is 2.00 bits per heavy atom. The molecular formula is C16H32N2O3. The zero-order valence-corrected chi connectivity index (χ0v) is 14.0. The molecule has 1 heterocycles. The van der Waals surface area contributed by atoms with E-state index in [1.165, 1.54) is 0 Å². The van der Waals surface area contributed by atoms with Crippen LogP contribution in [0.4, 0.5) is 0 Å². The lowest BCUT2D eigenvalue weighted by Gasteiger charge is -2.37. The van der Waals surface area contributed by atoms with Crippen LogP contribution in [0, 0.1) is 5.92 Å². The smallest absolute Gasteiger partial charge is 0.237 e. The van der Waals surface area contributed by atoms with E-state index >= 15 is 0 Å². The number of carbonyl (C=O) groups is 1. The number of nitrogens with zero attached hydrogens (tertiary/aromatic N) is 1. The minimum Gasteiger partial charge on any atom is -0.389 e. The average Bonchev–Trinajstić information content (AvgIpc) is 2.44. The highest BCUT2D eigenvalue weighted by Gasteiger charge is 2.30. The van der Waals surface area contributed by atoms with Gasteiger partial charge in [0, 0.05) is 19.2 Å². The monoisotopic (exact) mass is 300 g/mol. The summed E-state index contributed by atoms with van der Waals surface area (Å²) in [4.78, 5) is 14.5. The van der Waals surface area contributed by atoms with Crippen LogP contribution < -0.4 is 5.32 Å². The van der Waals surface area contributed by atoms with Gasteiger partial charge in [0.25, 0.3) is 0 Å². The summed E-state index contributed by atoms with van der Waals surface area (Å²) in [6, 6.07) is 0.322. The van der Waals surface area contributed by atoms with Crippen LogP contribution in [-0.2, 0) is 9.53 Å². The molecule has 0 saturated carbocycles. The van der Waals surface area contributed by atoms with Crippen LogP contribution in [0.25, 0.3) is 0 Å². The zero-order valence-electron chi connectivity index (χ0n) is 14.0. The summed E-state index contributed by atoms with van der Waals surface area (Å²) in [5.41, 5.74) is 0. The van der Waals surface area contributed by atoms with E-state index in [9.17, 15) is 9.90 Å². The van der Waals surface area contributed by atoms with Gasteiger partial charge in [-0.1, -0.05) is 20.3 Å². The van der Waals surface area contributed by atoms with Gasteiger partial charge in [-0.25, -0.2) is 0 Å². The van der Waals surface area contributed by atoms with Crippen LogP contribution in [0.2, 0.25) is 0 Å². The molecule has 0 aromatic rings. The Kier molecular flexibility index (Phi) is 8.22. The first-order valence-electron chi connectivity index (χ1n) is 8.21. The van der Waals surface area contributed by atoms with Crippen LogP contribution in [0.1, 0.15) is 47.0 Å². The lowest BCUT2D eigenvalue weighted by atomic mass is 9.99. The van der Waals surface area contributed by atoms with Crippen molar-refractivity contribution in [1.29, 1.82) is 0 Å². The van der Waals surface area contributed by atoms with Gasteiger partial charge < -0.3 is 15.2 Å². The Morgan fingerprint density at radius 1 is 1.29 bits per heavy atom. The number of hydrogen-bond donors (Lipinski definition) is 2. The van der Waals surface area contributed by atoms with Crippen LogP contribution in [-0.4, -0.2) is 60.4 Å². The minimum atomic E-state index is -0.635. The minimum absolute atomic E-state index is 0.0336. The molecule has 0 bridgehead atoms. The predicted molar refractivity (Wildman–Crippen MR) is 84.2 cm³/mol. The van der Waals surface area contributed by atoms with E-state index in [4.69, 9.17) is 4.74 Å². The molecule has 2 atom stereocenters. The Morgan fingerprint density at radius 3 is 2.62 bits per heavy atom. The molecule has 5 heteroatoms. The van der Waals surface area contributed by atoms with Gasteiger partial charge >= 0.3 is 0 Å². The lowest BCUT2D eigenvalue weighted by molar-refractivity contribution is -0.129. The number of rotatable bonds is 8. The van der Waals surface area contributed by atoms with Gasteiger partial charge in [-0.05, 0) is 39.2 Å². The molecule has 0 radical (unpaired) electrons. The van der Waals surface area contributed by atoms with Crippen molar-refractivity contribution in [2.45, 2.75) is 65.1 Å². The molecule has 0 aromatic heterocycles. The first-order valence-corrected chi connectivity index (χ1v) is 8.21. The molecule has 0 aromatic carbocycles. The maximum Gasteiger partial charge on any atom is 0.237 e. The molecule has 124 valence electrons. The van der Waals surface area contributed by atoms with Gasteiger partial charge in [-0.2, -0.15) is 0 Å². The van der Waals surface area contributed by atoms with E-state index in [0.29, 0.717) is 18.6 Å². The SMILES string of the molecule is CC(C)COCC(O)CNC(=O)C1CCCCN1C(C)C. The quantitative estimate of drug-likeness (QED) is 0.711. The standard InChI is InChI=1S/C16H32N2O3/c1-12(2)10-21-11-14(19)9-17-16(20)15-7-5-6-8-18(15)13(3)4/h12-15,19H,5-11H2,1-4H3,(H,17,20). The predicted octanol–water partition coefficient (Wildman–Crippen LogP) is 1.40. The topological polar surface area (TPSA) is 61.8 Å². The maximum atomic E-state index is 12.3. The molecule has 1 rings (SSSR count). The van der Waals surface area contributed by atoms with Gasteiger partial charge in [0.15, 0.2) is 0 Å². The number of likely N-dealkylation sites (tertiary alicyclic amines) is 1. The highest BCUT2D eigenvalue weighted by atomic mass is 16.5. The Balaban J connectivity index is 2.31. The van der Waals surface area contributed by atoms with Crippen molar-refractivity contribution in [3.63, 3.8) is 0 Å². The number of carbonyl (C=O) groups excluding carboxylic acids is 1. The van der Waals surface area contributed by atoms with Crippen LogP contribution in [0.5, 0.6) is 0 Å².